The third-order valence-corrected chi connectivity index (χ3v) is 8.57. The molecule has 0 fully saturated rings. The highest BCUT2D eigenvalue weighted by Crippen LogP contribution is 2.41. The second-order valence-electron chi connectivity index (χ2n) is 14.5. The van der Waals surface area contributed by atoms with Gasteiger partial charge in [0.05, 0.1) is 0 Å². The number of hydrogen-bond acceptors (Lipinski definition) is 3. The van der Waals surface area contributed by atoms with Crippen molar-refractivity contribution in [3.63, 3.8) is 0 Å². The molecule has 1 aromatic carbocycles. The first-order chi connectivity index (χ1) is 19.2. The number of aliphatic carboxylic acids is 2. The molecule has 5 heteroatoms. The summed E-state index contributed by atoms with van der Waals surface area (Å²) in [5.41, 5.74) is -0.540. The highest BCUT2D eigenvalue weighted by atomic mass is 16.4. The summed E-state index contributed by atoms with van der Waals surface area (Å²) in [5.74, 6) is -2.36. The summed E-state index contributed by atoms with van der Waals surface area (Å²) in [7, 11) is 0. The van der Waals surface area contributed by atoms with Gasteiger partial charge in [-0.2, -0.15) is 0 Å². The van der Waals surface area contributed by atoms with Gasteiger partial charge < -0.3 is 15.3 Å². The first-order valence-electron chi connectivity index (χ1n) is 16.5. The molecule has 0 aliphatic rings. The summed E-state index contributed by atoms with van der Waals surface area (Å²) < 4.78 is 0. The molecule has 0 atom stereocenters. The van der Waals surface area contributed by atoms with Crippen LogP contribution >= 0.6 is 0 Å². The zero-order chi connectivity index (χ0) is 31.1. The lowest BCUT2D eigenvalue weighted by atomic mass is 9.73. The van der Waals surface area contributed by atoms with Crippen LogP contribution in [0.5, 0.6) is 5.75 Å². The fraction of sp³-hybridized carbons (Fsp3) is 0.778. The quantitative estimate of drug-likeness (QED) is 0.100. The topological polar surface area (TPSA) is 94.8 Å². The van der Waals surface area contributed by atoms with Crippen molar-refractivity contribution in [3.05, 3.63) is 28.8 Å². The number of carboxylic acid groups (broad SMARTS) is 2. The zero-order valence-electron chi connectivity index (χ0n) is 27.5. The Labute approximate surface area is 251 Å². The molecule has 1 rings (SSSR count). The van der Waals surface area contributed by atoms with Gasteiger partial charge in [0.2, 0.25) is 0 Å². The molecule has 0 unspecified atom stereocenters. The van der Waals surface area contributed by atoms with Crippen LogP contribution in [0.25, 0.3) is 0 Å². The van der Waals surface area contributed by atoms with Gasteiger partial charge in [-0.15, -0.1) is 0 Å². The molecule has 0 amide bonds. The average Bonchev–Trinajstić information content (AvgIpc) is 2.86. The predicted octanol–water partition coefficient (Wildman–Crippen LogP) is 10.3. The first kappa shape index (κ1) is 37.0. The largest absolute Gasteiger partial charge is 0.507 e. The summed E-state index contributed by atoms with van der Waals surface area (Å²) in [6.45, 7) is 14.2. The van der Waals surface area contributed by atoms with Crippen LogP contribution < -0.4 is 0 Å². The Kier molecular flexibility index (Phi) is 16.1. The number of aromatic hydroxyl groups is 1. The van der Waals surface area contributed by atoms with Crippen molar-refractivity contribution in [1.29, 1.82) is 0 Å². The zero-order valence-corrected chi connectivity index (χ0v) is 27.5. The van der Waals surface area contributed by atoms with Gasteiger partial charge in [0.25, 0.3) is 0 Å². The Morgan fingerprint density at radius 2 is 0.902 bits per heavy atom. The third-order valence-electron chi connectivity index (χ3n) is 8.57. The maximum Gasteiger partial charge on any atom is 0.321 e. The minimum Gasteiger partial charge on any atom is -0.507 e. The van der Waals surface area contributed by atoms with Crippen molar-refractivity contribution in [1.82, 2.24) is 0 Å². The molecule has 5 nitrogen and oxygen atoms in total. The Morgan fingerprint density at radius 1 is 0.585 bits per heavy atom. The van der Waals surface area contributed by atoms with E-state index < -0.39 is 17.4 Å². The summed E-state index contributed by atoms with van der Waals surface area (Å²) in [6.07, 6.45) is 19.5. The molecular weight excluding hydrogens is 512 g/mol. The summed E-state index contributed by atoms with van der Waals surface area (Å²) in [4.78, 5) is 24.9. The van der Waals surface area contributed by atoms with Gasteiger partial charge >= 0.3 is 11.9 Å². The highest BCUT2D eigenvalue weighted by Gasteiger charge is 2.46. The predicted molar refractivity (Wildman–Crippen MR) is 171 cm³/mol. The molecule has 0 saturated carbocycles. The lowest BCUT2D eigenvalue weighted by Crippen LogP contribution is -2.41. The molecule has 0 spiro atoms. The fourth-order valence-electron chi connectivity index (χ4n) is 5.81. The third kappa shape index (κ3) is 12.8. The van der Waals surface area contributed by atoms with Gasteiger partial charge in [0.15, 0.2) is 5.41 Å². The summed E-state index contributed by atoms with van der Waals surface area (Å²) in [5, 5.41) is 31.4. The number of benzene rings is 1. The number of carbonyl (C=O) groups is 2. The standard InChI is InChI=1S/C36H62O5/c1-8-9-10-11-12-13-14-15-16-17-18-19-20-21-22-23-24-36(32(38)39,33(40)41)27-28-25-29(34(2,3)4)31(37)30(26-28)35(5,6)7/h25-26,37H,8-24,27H2,1-7H3,(H,38,39)(H,40,41). The number of rotatable bonds is 21. The molecule has 0 aromatic heterocycles. The lowest BCUT2D eigenvalue weighted by Gasteiger charge is -2.30. The number of carboxylic acids is 2. The summed E-state index contributed by atoms with van der Waals surface area (Å²) >= 11 is 0. The van der Waals surface area contributed by atoms with Crippen molar-refractivity contribution in [2.75, 3.05) is 0 Å². The van der Waals surface area contributed by atoms with Gasteiger partial charge in [0.1, 0.15) is 5.75 Å². The van der Waals surface area contributed by atoms with Crippen molar-refractivity contribution in [2.24, 2.45) is 5.41 Å². The van der Waals surface area contributed by atoms with Crippen LogP contribution in [0, 0.1) is 5.41 Å². The monoisotopic (exact) mass is 574 g/mol. The molecule has 0 aliphatic heterocycles. The van der Waals surface area contributed by atoms with Crippen molar-refractivity contribution in [3.8, 4) is 5.75 Å². The maximum absolute atomic E-state index is 12.5. The van der Waals surface area contributed by atoms with Crippen LogP contribution in [-0.4, -0.2) is 27.3 Å². The van der Waals surface area contributed by atoms with E-state index in [4.69, 9.17) is 0 Å². The van der Waals surface area contributed by atoms with E-state index in [1.54, 1.807) is 12.1 Å². The molecule has 0 radical (unpaired) electrons. The molecule has 3 N–H and O–H groups in total. The molecule has 0 aliphatic carbocycles. The first-order valence-corrected chi connectivity index (χ1v) is 16.5. The second-order valence-corrected chi connectivity index (χ2v) is 14.5. The second kappa shape index (κ2) is 17.8. The SMILES string of the molecule is CCCCCCCCCCCCCCCCCCC(Cc1cc(C(C)(C)C)c(O)c(C(C)(C)C)c1)(C(=O)O)C(=O)O. The minimum absolute atomic E-state index is 0.0944. The van der Waals surface area contributed by atoms with E-state index in [1.165, 1.54) is 77.0 Å². The van der Waals surface area contributed by atoms with Crippen molar-refractivity contribution in [2.45, 2.75) is 175 Å². The van der Waals surface area contributed by atoms with E-state index in [0.29, 0.717) is 23.1 Å². The van der Waals surface area contributed by atoms with Crippen molar-refractivity contribution >= 4 is 11.9 Å². The van der Waals surface area contributed by atoms with Gasteiger partial charge in [-0.25, -0.2) is 0 Å². The molecule has 0 heterocycles. The van der Waals surface area contributed by atoms with Crippen LogP contribution in [-0.2, 0) is 26.8 Å². The highest BCUT2D eigenvalue weighted by molar-refractivity contribution is 5.98. The van der Waals surface area contributed by atoms with Gasteiger partial charge in [-0.1, -0.05) is 163 Å². The average molecular weight is 575 g/mol. The molecule has 41 heavy (non-hydrogen) atoms. The fourth-order valence-corrected chi connectivity index (χ4v) is 5.81. The summed E-state index contributed by atoms with van der Waals surface area (Å²) in [6, 6.07) is 3.61. The van der Waals surface area contributed by atoms with Gasteiger partial charge in [-0.3, -0.25) is 9.59 Å². The van der Waals surface area contributed by atoms with Crippen LogP contribution in [0.4, 0.5) is 0 Å². The van der Waals surface area contributed by atoms with E-state index in [-0.39, 0.29) is 29.4 Å². The van der Waals surface area contributed by atoms with Crippen LogP contribution in [0.1, 0.15) is 174 Å². The minimum atomic E-state index is -1.88. The number of hydrogen-bond donors (Lipinski definition) is 3. The van der Waals surface area contributed by atoms with E-state index >= 15 is 0 Å². The molecule has 0 bridgehead atoms. The van der Waals surface area contributed by atoms with E-state index in [1.807, 2.05) is 41.5 Å². The molecular formula is C36H62O5. The van der Waals surface area contributed by atoms with Gasteiger partial charge in [-0.05, 0) is 40.4 Å². The maximum atomic E-state index is 12.5. The van der Waals surface area contributed by atoms with E-state index in [0.717, 1.165) is 19.3 Å². The number of phenols is 1. The van der Waals surface area contributed by atoms with Gasteiger partial charge in [0, 0.05) is 0 Å². The normalized spacial score (nSPS) is 12.6. The lowest BCUT2D eigenvalue weighted by molar-refractivity contribution is -0.165. The van der Waals surface area contributed by atoms with Crippen molar-refractivity contribution < 1.29 is 24.9 Å². The number of phenolic OH excluding ortho intramolecular Hbond substituents is 1. The number of unbranched alkanes of at least 4 members (excludes halogenated alkanes) is 15. The van der Waals surface area contributed by atoms with Crippen LogP contribution in [0.3, 0.4) is 0 Å². The Hall–Kier alpha value is -2.04. The van der Waals surface area contributed by atoms with Crippen LogP contribution in [0.15, 0.2) is 12.1 Å². The Morgan fingerprint density at radius 3 is 1.20 bits per heavy atom. The smallest absolute Gasteiger partial charge is 0.321 e. The molecule has 1 aromatic rings. The van der Waals surface area contributed by atoms with E-state index in [2.05, 4.69) is 6.92 Å². The Bertz CT molecular complexity index is 870. The molecule has 0 saturated heterocycles. The van der Waals surface area contributed by atoms with Crippen LogP contribution in [0.2, 0.25) is 0 Å². The van der Waals surface area contributed by atoms with E-state index in [9.17, 15) is 24.9 Å². The molecule has 236 valence electrons. The Balaban J connectivity index is 2.61.